The van der Waals surface area contributed by atoms with Gasteiger partial charge in [-0.3, -0.25) is 18.7 Å². The Hall–Kier alpha value is -5.30. The molecule has 3 N–H and O–H groups in total. The Morgan fingerprint density at radius 3 is 2.13 bits per heavy atom. The van der Waals surface area contributed by atoms with Crippen molar-refractivity contribution in [1.82, 2.24) is 0 Å². The van der Waals surface area contributed by atoms with E-state index in [0.717, 1.165) is 5.56 Å². The molecule has 0 spiro atoms. The lowest BCUT2D eigenvalue weighted by Gasteiger charge is -2.30. The van der Waals surface area contributed by atoms with Crippen LogP contribution in [0.2, 0.25) is 0 Å². The number of carboxylic acid groups (broad SMARTS) is 1. The molecule has 0 fully saturated rings. The summed E-state index contributed by atoms with van der Waals surface area (Å²) in [6.07, 6.45) is -1.06. The maximum atomic E-state index is 14.4. The minimum atomic E-state index is -3.99. The zero-order chi connectivity index (χ0) is 32.9. The molecule has 0 radical (unpaired) electrons. The highest BCUT2D eigenvalue weighted by atomic mass is 31.2. The first-order valence-corrected chi connectivity index (χ1v) is 18.0. The summed E-state index contributed by atoms with van der Waals surface area (Å²) >= 11 is 0. The maximum absolute atomic E-state index is 14.4. The quantitative estimate of drug-likeness (QED) is 0.0808. The molecule has 2 aliphatic heterocycles. The van der Waals surface area contributed by atoms with Crippen LogP contribution in [0.5, 0.6) is 28.7 Å². The molecule has 0 saturated heterocycles. The first-order chi connectivity index (χ1) is 22.6. The fourth-order valence-electron chi connectivity index (χ4n) is 5.99. The second-order valence-electron chi connectivity index (χ2n) is 11.1. The fourth-order valence-corrected chi connectivity index (χ4v) is 10.9. The van der Waals surface area contributed by atoms with Crippen molar-refractivity contribution in [3.63, 3.8) is 0 Å². The topological polar surface area (TPSA) is 157 Å². The zero-order valence-electron chi connectivity index (χ0n) is 24.5. The van der Waals surface area contributed by atoms with Crippen LogP contribution in [0.25, 0.3) is 22.3 Å². The molecule has 47 heavy (non-hydrogen) atoms. The molecule has 3 atom stereocenters. The van der Waals surface area contributed by atoms with Gasteiger partial charge in [0.25, 0.3) is 7.37 Å². The van der Waals surface area contributed by atoms with Crippen molar-refractivity contribution in [3.05, 3.63) is 109 Å². The second kappa shape index (κ2) is 11.5. The lowest BCUT2D eigenvalue weighted by Crippen LogP contribution is -2.29. The molecule has 236 valence electrons. The number of fused-ring (bicyclic) bond motifs is 6. The molecule has 0 saturated carbocycles. The summed E-state index contributed by atoms with van der Waals surface area (Å²) < 4.78 is 46.5. The Labute approximate surface area is 268 Å². The largest absolute Gasteiger partial charge is 0.508 e. The van der Waals surface area contributed by atoms with Crippen LogP contribution < -0.4 is 29.7 Å². The number of benzene rings is 5. The van der Waals surface area contributed by atoms with Crippen molar-refractivity contribution in [2.75, 3.05) is 6.16 Å². The Morgan fingerprint density at radius 2 is 1.36 bits per heavy atom. The standard InChI is InChI=1S/C35H26O10P2/c36-22-16-17-26(37)32(19-22)47(42)31-15-6-3-10-25(31)34-28(12-7-13-29(34)45-47)43-33(38)18-21(35(39)40)20-46(41)30-14-5-2-9-24(30)23-8-1-4-11-27(23)44-46/h1-17,19,21,36-37H,18,20H2,(H,39,40). The normalized spacial score (nSPS) is 19.4. The van der Waals surface area contributed by atoms with Gasteiger partial charge in [0.15, 0.2) is 0 Å². The number of phenols is 2. The van der Waals surface area contributed by atoms with Gasteiger partial charge in [0.1, 0.15) is 28.7 Å². The summed E-state index contributed by atoms with van der Waals surface area (Å²) in [6.45, 7) is 0. The second-order valence-corrected chi connectivity index (χ2v) is 15.8. The first-order valence-electron chi connectivity index (χ1n) is 14.5. The summed E-state index contributed by atoms with van der Waals surface area (Å²) in [4.78, 5) is 25.8. The van der Waals surface area contributed by atoms with Gasteiger partial charge in [-0.25, -0.2) is 0 Å². The zero-order valence-corrected chi connectivity index (χ0v) is 26.3. The van der Waals surface area contributed by atoms with Crippen LogP contribution in [0.1, 0.15) is 6.42 Å². The van der Waals surface area contributed by atoms with Gasteiger partial charge in [0.05, 0.1) is 40.0 Å². The predicted molar refractivity (Wildman–Crippen MR) is 175 cm³/mol. The van der Waals surface area contributed by atoms with Gasteiger partial charge >= 0.3 is 19.3 Å². The van der Waals surface area contributed by atoms with Crippen LogP contribution in [0.3, 0.4) is 0 Å². The van der Waals surface area contributed by atoms with E-state index < -0.39 is 45.2 Å². The Kier molecular flexibility index (Phi) is 7.43. The Bertz CT molecular complexity index is 2190. The third-order valence-corrected chi connectivity index (χ3v) is 13.1. The number of carbonyl (C=O) groups is 2. The summed E-state index contributed by atoms with van der Waals surface area (Å²) in [5, 5.41) is 31.2. The van der Waals surface area contributed by atoms with Crippen LogP contribution >= 0.6 is 14.7 Å². The highest BCUT2D eigenvalue weighted by Gasteiger charge is 2.43. The summed E-state index contributed by atoms with van der Waals surface area (Å²) in [5.41, 5.74) is 2.10. The van der Waals surface area contributed by atoms with Gasteiger partial charge in [-0.15, -0.1) is 0 Å². The highest BCUT2D eigenvalue weighted by molar-refractivity contribution is 7.75. The van der Waals surface area contributed by atoms with Crippen molar-refractivity contribution in [1.29, 1.82) is 0 Å². The molecule has 2 heterocycles. The summed E-state index contributed by atoms with van der Waals surface area (Å²) in [6, 6.07) is 28.7. The number of rotatable bonds is 7. The number of hydrogen-bond acceptors (Lipinski definition) is 9. The van der Waals surface area contributed by atoms with Crippen LogP contribution in [0, 0.1) is 5.92 Å². The van der Waals surface area contributed by atoms with E-state index in [1.54, 1.807) is 60.7 Å². The molecule has 12 heteroatoms. The van der Waals surface area contributed by atoms with Gasteiger partial charge in [0.2, 0.25) is 0 Å². The minimum Gasteiger partial charge on any atom is -0.508 e. The van der Waals surface area contributed by atoms with Crippen LogP contribution in [-0.4, -0.2) is 33.4 Å². The molecule has 0 bridgehead atoms. The van der Waals surface area contributed by atoms with E-state index >= 15 is 0 Å². The van der Waals surface area contributed by atoms with E-state index in [4.69, 9.17) is 13.8 Å². The molecule has 2 aliphatic rings. The molecule has 5 aromatic rings. The third-order valence-electron chi connectivity index (χ3n) is 8.12. The van der Waals surface area contributed by atoms with E-state index in [1.165, 1.54) is 36.4 Å². The van der Waals surface area contributed by atoms with Crippen molar-refractivity contribution in [3.8, 4) is 51.0 Å². The van der Waals surface area contributed by atoms with Gasteiger partial charge in [-0.1, -0.05) is 60.7 Å². The summed E-state index contributed by atoms with van der Waals surface area (Å²) in [7, 11) is -7.77. The first kappa shape index (κ1) is 30.4. The lowest BCUT2D eigenvalue weighted by atomic mass is 10.0. The average Bonchev–Trinajstić information content (AvgIpc) is 3.06. The van der Waals surface area contributed by atoms with Crippen molar-refractivity contribution in [2.45, 2.75) is 6.42 Å². The van der Waals surface area contributed by atoms with Crippen LogP contribution in [0.15, 0.2) is 109 Å². The average molecular weight is 669 g/mol. The number of phenolic OH excluding ortho intramolecular Hbond substituents is 2. The molecular weight excluding hydrogens is 642 g/mol. The van der Waals surface area contributed by atoms with Crippen molar-refractivity contribution >= 4 is 42.6 Å². The molecule has 0 aromatic heterocycles. The van der Waals surface area contributed by atoms with Crippen molar-refractivity contribution < 1.29 is 47.8 Å². The number of aromatic hydroxyl groups is 2. The number of carboxylic acids is 1. The van der Waals surface area contributed by atoms with Crippen LogP contribution in [0.4, 0.5) is 0 Å². The molecule has 10 nitrogen and oxygen atoms in total. The fraction of sp³-hybridized carbons (Fsp3) is 0.0857. The van der Waals surface area contributed by atoms with E-state index in [2.05, 4.69) is 0 Å². The number of ether oxygens (including phenoxy) is 1. The summed E-state index contributed by atoms with van der Waals surface area (Å²) in [5.74, 6) is -3.73. The Balaban J connectivity index is 1.18. The number of esters is 1. The number of para-hydroxylation sites is 1. The lowest BCUT2D eigenvalue weighted by molar-refractivity contribution is -0.146. The monoisotopic (exact) mass is 668 g/mol. The number of carbonyl (C=O) groups excluding carboxylic acids is 1. The van der Waals surface area contributed by atoms with Crippen molar-refractivity contribution in [2.24, 2.45) is 5.92 Å². The minimum absolute atomic E-state index is 0.0234. The molecule has 7 rings (SSSR count). The highest BCUT2D eigenvalue weighted by Crippen LogP contribution is 2.58. The molecule has 0 aliphatic carbocycles. The Morgan fingerprint density at radius 1 is 0.702 bits per heavy atom. The number of hydrogen-bond donors (Lipinski definition) is 3. The maximum Gasteiger partial charge on any atom is 0.312 e. The van der Waals surface area contributed by atoms with E-state index in [0.29, 0.717) is 27.7 Å². The van der Waals surface area contributed by atoms with Crippen LogP contribution in [-0.2, 0) is 18.7 Å². The molecule has 0 amide bonds. The molecule has 5 aromatic carbocycles. The van der Waals surface area contributed by atoms with Gasteiger partial charge in [-0.2, -0.15) is 0 Å². The SMILES string of the molecule is O=C(CC(CP1(=O)Oc2ccccc2-c2ccccc21)C(=O)O)Oc1cccc2c1-c1ccccc1P(=O)(c1cc(O)ccc1O)O2. The third kappa shape index (κ3) is 5.26. The van der Waals surface area contributed by atoms with Gasteiger partial charge in [0, 0.05) is 11.1 Å². The predicted octanol–water partition coefficient (Wildman–Crippen LogP) is 6.05. The van der Waals surface area contributed by atoms with E-state index in [9.17, 15) is 34.0 Å². The van der Waals surface area contributed by atoms with Gasteiger partial charge < -0.3 is 29.1 Å². The number of aliphatic carboxylic acids is 1. The molecule has 3 unspecified atom stereocenters. The van der Waals surface area contributed by atoms with E-state index in [-0.39, 0.29) is 33.6 Å². The smallest absolute Gasteiger partial charge is 0.312 e. The molecular formula is C35H26O10P2. The van der Waals surface area contributed by atoms with Gasteiger partial charge in [-0.05, 0) is 54.1 Å². The van der Waals surface area contributed by atoms with E-state index in [1.807, 2.05) is 12.1 Å².